The summed E-state index contributed by atoms with van der Waals surface area (Å²) in [5, 5.41) is 0.499. The Bertz CT molecular complexity index is 1070. The second-order valence-electron chi connectivity index (χ2n) is 12.6. The first-order chi connectivity index (χ1) is 15.4. The topological polar surface area (TPSA) is 88.1 Å². The Hall–Kier alpha value is -1.27. The smallest absolute Gasteiger partial charge is 0.223 e. The van der Waals surface area contributed by atoms with Crippen molar-refractivity contribution in [2.24, 2.45) is 5.92 Å². The van der Waals surface area contributed by atoms with E-state index in [1.807, 2.05) is 4.57 Å². The van der Waals surface area contributed by atoms with Crippen LogP contribution in [0.4, 0.5) is 5.95 Å². The highest BCUT2D eigenvalue weighted by molar-refractivity contribution is 6.74. The van der Waals surface area contributed by atoms with Crippen molar-refractivity contribution < 1.29 is 8.85 Å². The molecule has 0 aliphatic heterocycles. The van der Waals surface area contributed by atoms with Crippen LogP contribution in [0.3, 0.4) is 0 Å². The van der Waals surface area contributed by atoms with E-state index in [1.54, 1.807) is 6.33 Å². The summed E-state index contributed by atoms with van der Waals surface area (Å²) in [6, 6.07) is -0.0295. The van der Waals surface area contributed by atoms with Gasteiger partial charge in [-0.3, -0.25) is 0 Å². The van der Waals surface area contributed by atoms with Crippen LogP contribution in [0.25, 0.3) is 11.2 Å². The molecule has 3 unspecified atom stereocenters. The fraction of sp³-hybridized carbons (Fsp3) is 0.708. The van der Waals surface area contributed by atoms with E-state index in [2.05, 4.69) is 89.3 Å². The average Bonchev–Trinajstić information content (AvgIpc) is 3.19. The van der Waals surface area contributed by atoms with Crippen LogP contribution >= 0.6 is 11.6 Å². The minimum atomic E-state index is -2.02. The third-order valence-electron chi connectivity index (χ3n) is 8.22. The third-order valence-corrected chi connectivity index (χ3v) is 17.5. The first kappa shape index (κ1) is 27.3. The molecule has 2 N–H and O–H groups in total. The molecular formula is C24H42ClN5O2Si2. The van der Waals surface area contributed by atoms with Crippen LogP contribution in [-0.4, -0.2) is 48.9 Å². The molecule has 2 aromatic rings. The highest BCUT2D eigenvalue weighted by Gasteiger charge is 2.47. The van der Waals surface area contributed by atoms with Crippen molar-refractivity contribution in [2.75, 3.05) is 12.3 Å². The molecule has 34 heavy (non-hydrogen) atoms. The maximum absolute atomic E-state index is 6.98. The molecule has 1 saturated carbocycles. The van der Waals surface area contributed by atoms with E-state index < -0.39 is 16.6 Å². The molecule has 10 heteroatoms. The van der Waals surface area contributed by atoms with E-state index in [-0.39, 0.29) is 39.2 Å². The first-order valence-corrected chi connectivity index (χ1v) is 18.2. The molecule has 2 aromatic heterocycles. The summed E-state index contributed by atoms with van der Waals surface area (Å²) < 4.78 is 15.7. The summed E-state index contributed by atoms with van der Waals surface area (Å²) in [5.41, 5.74) is 8.16. The monoisotopic (exact) mass is 523 g/mol. The van der Waals surface area contributed by atoms with E-state index in [9.17, 15) is 0 Å². The van der Waals surface area contributed by atoms with Crippen molar-refractivity contribution in [3.8, 4) is 0 Å². The van der Waals surface area contributed by atoms with Gasteiger partial charge in [-0.25, -0.2) is 4.98 Å². The number of hydrogen-bond acceptors (Lipinski definition) is 6. The van der Waals surface area contributed by atoms with Gasteiger partial charge >= 0.3 is 0 Å². The highest BCUT2D eigenvalue weighted by Crippen LogP contribution is 2.47. The maximum atomic E-state index is 6.98. The zero-order chi connectivity index (χ0) is 25.9. The zero-order valence-electron chi connectivity index (χ0n) is 22.5. The van der Waals surface area contributed by atoms with Gasteiger partial charge in [0.1, 0.15) is 5.52 Å². The third kappa shape index (κ3) is 5.14. The van der Waals surface area contributed by atoms with E-state index in [0.717, 1.165) is 12.0 Å². The highest BCUT2D eigenvalue weighted by atomic mass is 35.5. The molecule has 3 rings (SSSR count). The number of nitrogens with zero attached hydrogens (tertiary/aromatic N) is 4. The Morgan fingerprint density at radius 3 is 2.24 bits per heavy atom. The molecule has 7 nitrogen and oxygen atoms in total. The van der Waals surface area contributed by atoms with Gasteiger partial charge in [0, 0.05) is 12.5 Å². The molecule has 2 heterocycles. The predicted octanol–water partition coefficient (Wildman–Crippen LogP) is 6.59. The van der Waals surface area contributed by atoms with Crippen LogP contribution in [0.5, 0.6) is 0 Å². The molecule has 0 bridgehead atoms. The van der Waals surface area contributed by atoms with Crippen molar-refractivity contribution in [2.45, 2.75) is 96.4 Å². The summed E-state index contributed by atoms with van der Waals surface area (Å²) in [6.45, 7) is 27.9. The zero-order valence-corrected chi connectivity index (χ0v) is 25.2. The van der Waals surface area contributed by atoms with Crippen LogP contribution in [-0.2, 0) is 8.85 Å². The summed E-state index contributed by atoms with van der Waals surface area (Å²) in [6.07, 6.45) is 2.56. The molecule has 0 aromatic carbocycles. The molecule has 1 aliphatic rings. The quantitative estimate of drug-likeness (QED) is 0.261. The molecular weight excluding hydrogens is 482 g/mol. The van der Waals surface area contributed by atoms with Crippen LogP contribution in [0.1, 0.15) is 54.0 Å². The Morgan fingerprint density at radius 1 is 1.09 bits per heavy atom. The summed E-state index contributed by atoms with van der Waals surface area (Å²) in [7, 11) is -3.95. The lowest BCUT2D eigenvalue weighted by Crippen LogP contribution is -2.47. The van der Waals surface area contributed by atoms with Gasteiger partial charge in [0.2, 0.25) is 5.95 Å². The molecule has 0 radical (unpaired) electrons. The van der Waals surface area contributed by atoms with E-state index in [4.69, 9.17) is 26.2 Å². The van der Waals surface area contributed by atoms with Gasteiger partial charge in [0.15, 0.2) is 27.4 Å². The molecule has 1 fully saturated rings. The number of imidazole rings is 1. The van der Waals surface area contributed by atoms with Crippen molar-refractivity contribution >= 4 is 45.3 Å². The van der Waals surface area contributed by atoms with Crippen LogP contribution in [0.2, 0.25) is 41.4 Å². The largest absolute Gasteiger partial charge is 0.416 e. The van der Waals surface area contributed by atoms with Gasteiger partial charge in [-0.15, -0.1) is 0 Å². The van der Waals surface area contributed by atoms with Crippen molar-refractivity contribution in [1.29, 1.82) is 0 Å². The number of nitrogen functional groups attached to an aromatic ring is 1. The second kappa shape index (κ2) is 8.99. The fourth-order valence-corrected chi connectivity index (χ4v) is 6.47. The molecule has 1 aliphatic carbocycles. The van der Waals surface area contributed by atoms with Gasteiger partial charge in [0.25, 0.3) is 0 Å². The molecule has 190 valence electrons. The normalized spacial score (nSPS) is 22.7. The van der Waals surface area contributed by atoms with E-state index >= 15 is 0 Å². The van der Waals surface area contributed by atoms with Crippen molar-refractivity contribution in [3.63, 3.8) is 0 Å². The fourth-order valence-electron chi connectivity index (χ4n) is 3.85. The predicted molar refractivity (Wildman–Crippen MR) is 146 cm³/mol. The van der Waals surface area contributed by atoms with Gasteiger partial charge in [-0.2, -0.15) is 9.97 Å². The molecule has 0 saturated heterocycles. The van der Waals surface area contributed by atoms with Crippen molar-refractivity contribution in [3.05, 3.63) is 23.6 Å². The number of anilines is 1. The number of rotatable bonds is 6. The minimum Gasteiger partial charge on any atom is -0.416 e. The number of hydrogen-bond donors (Lipinski definition) is 1. The SMILES string of the molecule is C=C1C(CO[Si](C)(C)C(C)(C)C)C(O[Si](C)(C)C(C)(C)C)CC1n1cnc2c(Cl)nc(N)nc21. The Morgan fingerprint density at radius 2 is 1.68 bits per heavy atom. The standard InChI is InChI=1S/C24H42ClN5O2Si2/c1-15-16(13-31-33(8,9)23(2,3)4)18(32-34(10,11)24(5,6)7)12-17(15)30-14-27-19-20(25)28-22(26)29-21(19)30/h14,16-18H,1,12-13H2,2-11H3,(H2,26,28,29). The minimum absolute atomic E-state index is 0.00951. The van der Waals surface area contributed by atoms with Gasteiger partial charge in [-0.05, 0) is 48.3 Å². The lowest BCUT2D eigenvalue weighted by molar-refractivity contribution is 0.111. The molecule has 0 amide bonds. The number of nitrogens with two attached hydrogens (primary N) is 1. The van der Waals surface area contributed by atoms with Gasteiger partial charge < -0.3 is 19.2 Å². The summed E-state index contributed by atoms with van der Waals surface area (Å²) in [5.74, 6) is 0.218. The number of aromatic nitrogens is 4. The van der Waals surface area contributed by atoms with Crippen LogP contribution in [0.15, 0.2) is 18.5 Å². The Labute approximate surface area is 211 Å². The number of halogens is 1. The molecule has 0 spiro atoms. The van der Waals surface area contributed by atoms with Crippen molar-refractivity contribution in [1.82, 2.24) is 19.5 Å². The van der Waals surface area contributed by atoms with Gasteiger partial charge in [0.05, 0.1) is 18.5 Å². The Kier molecular flexibility index (Phi) is 7.23. The lowest BCUT2D eigenvalue weighted by Gasteiger charge is -2.41. The summed E-state index contributed by atoms with van der Waals surface area (Å²) >= 11 is 6.29. The number of fused-ring (bicyclic) bond motifs is 1. The van der Waals surface area contributed by atoms with Gasteiger partial charge in [-0.1, -0.05) is 59.7 Å². The maximum Gasteiger partial charge on any atom is 0.223 e. The van der Waals surface area contributed by atoms with Crippen LogP contribution < -0.4 is 5.73 Å². The first-order valence-electron chi connectivity index (χ1n) is 12.0. The van der Waals surface area contributed by atoms with E-state index in [0.29, 0.717) is 17.8 Å². The Balaban J connectivity index is 1.98. The van der Waals surface area contributed by atoms with E-state index in [1.165, 1.54) is 0 Å². The summed E-state index contributed by atoms with van der Waals surface area (Å²) in [4.78, 5) is 13.0. The second-order valence-corrected chi connectivity index (χ2v) is 22.5. The molecule has 3 atom stereocenters. The lowest BCUT2D eigenvalue weighted by atomic mass is 10.0. The van der Waals surface area contributed by atoms with Crippen LogP contribution in [0, 0.1) is 5.92 Å². The average molecular weight is 524 g/mol.